The van der Waals surface area contributed by atoms with Gasteiger partial charge >= 0.3 is 5.69 Å². The number of hydrogen-bond acceptors (Lipinski definition) is 4. The Morgan fingerprint density at radius 2 is 1.86 bits per heavy atom. The van der Waals surface area contributed by atoms with E-state index in [0.717, 1.165) is 6.42 Å². The highest BCUT2D eigenvalue weighted by atomic mass is 79.9. The fourth-order valence-corrected chi connectivity index (χ4v) is 2.38. The Labute approximate surface area is 134 Å². The molecule has 9 heteroatoms. The van der Waals surface area contributed by atoms with Crippen molar-refractivity contribution >= 4 is 38.9 Å². The molecule has 8 nitrogen and oxygen atoms in total. The summed E-state index contributed by atoms with van der Waals surface area (Å²) in [5.74, 6) is -0.132. The van der Waals surface area contributed by atoms with Crippen LogP contribution in [0.4, 0.5) is 5.95 Å². The maximum absolute atomic E-state index is 12.4. The predicted molar refractivity (Wildman–Crippen MR) is 87.6 cm³/mol. The lowest BCUT2D eigenvalue weighted by atomic mass is 10.4. The quantitative estimate of drug-likeness (QED) is 0.740. The van der Waals surface area contributed by atoms with Crippen LogP contribution in [0.15, 0.2) is 9.59 Å². The van der Waals surface area contributed by atoms with Crippen LogP contribution in [0.3, 0.4) is 0 Å². The van der Waals surface area contributed by atoms with Gasteiger partial charge in [0.05, 0.1) is 5.33 Å². The van der Waals surface area contributed by atoms with Crippen molar-refractivity contribution in [2.24, 2.45) is 0 Å². The second-order valence-corrected chi connectivity index (χ2v) is 5.42. The summed E-state index contributed by atoms with van der Waals surface area (Å²) in [5, 5.41) is 2.65. The molecule has 2 heterocycles. The van der Waals surface area contributed by atoms with Crippen LogP contribution in [0, 0.1) is 0 Å². The molecule has 0 aromatic carbocycles. The maximum atomic E-state index is 12.4. The van der Waals surface area contributed by atoms with E-state index in [1.165, 1.54) is 9.13 Å². The molecule has 2 N–H and O–H groups in total. The fourth-order valence-electron chi connectivity index (χ4n) is 2.24. The van der Waals surface area contributed by atoms with E-state index in [4.69, 9.17) is 0 Å². The van der Waals surface area contributed by atoms with E-state index in [1.807, 2.05) is 13.8 Å². The number of aromatic amines is 1. The van der Waals surface area contributed by atoms with Gasteiger partial charge in [0, 0.05) is 13.1 Å². The summed E-state index contributed by atoms with van der Waals surface area (Å²) in [7, 11) is 0. The number of alkyl halides is 1. The van der Waals surface area contributed by atoms with E-state index in [0.29, 0.717) is 19.5 Å². The smallest absolute Gasteiger partial charge is 0.318 e. The van der Waals surface area contributed by atoms with Crippen molar-refractivity contribution in [2.75, 3.05) is 10.6 Å². The zero-order chi connectivity index (χ0) is 16.3. The molecule has 0 bridgehead atoms. The van der Waals surface area contributed by atoms with Gasteiger partial charge in [-0.05, 0) is 12.8 Å². The highest BCUT2D eigenvalue weighted by molar-refractivity contribution is 9.09. The average molecular weight is 372 g/mol. The number of carbonyl (C=O) groups is 1. The molecule has 0 radical (unpaired) electrons. The zero-order valence-electron chi connectivity index (χ0n) is 12.5. The number of amides is 1. The number of carbonyl (C=O) groups excluding carboxylic acids is 1. The minimum atomic E-state index is -0.416. The predicted octanol–water partition coefficient (Wildman–Crippen LogP) is 1.04. The van der Waals surface area contributed by atoms with E-state index < -0.39 is 5.56 Å². The Kier molecular flexibility index (Phi) is 5.17. The molecule has 2 rings (SSSR count). The highest BCUT2D eigenvalue weighted by Gasteiger charge is 2.17. The van der Waals surface area contributed by atoms with Gasteiger partial charge in [0.15, 0.2) is 11.2 Å². The van der Waals surface area contributed by atoms with E-state index in [2.05, 4.69) is 31.2 Å². The number of H-pyrrole nitrogens is 1. The van der Waals surface area contributed by atoms with Crippen LogP contribution < -0.4 is 16.6 Å². The van der Waals surface area contributed by atoms with Crippen molar-refractivity contribution in [2.45, 2.75) is 39.8 Å². The fraction of sp³-hybridized carbons (Fsp3) is 0.538. The Bertz CT molecular complexity index is 804. The van der Waals surface area contributed by atoms with Crippen molar-refractivity contribution in [3.05, 3.63) is 20.8 Å². The molecule has 0 saturated carbocycles. The lowest BCUT2D eigenvalue weighted by Crippen LogP contribution is -2.40. The van der Waals surface area contributed by atoms with Crippen LogP contribution in [-0.4, -0.2) is 30.3 Å². The second-order valence-electron chi connectivity index (χ2n) is 4.86. The summed E-state index contributed by atoms with van der Waals surface area (Å²) in [4.78, 5) is 43.3. The highest BCUT2D eigenvalue weighted by Crippen LogP contribution is 2.10. The van der Waals surface area contributed by atoms with Crippen molar-refractivity contribution in [3.63, 3.8) is 0 Å². The average Bonchev–Trinajstić information content (AvgIpc) is 2.91. The minimum absolute atomic E-state index is 0.117. The normalized spacial score (nSPS) is 11.0. The van der Waals surface area contributed by atoms with E-state index in [1.54, 1.807) is 0 Å². The first-order valence-electron chi connectivity index (χ1n) is 7.12. The van der Waals surface area contributed by atoms with E-state index in [-0.39, 0.29) is 34.0 Å². The first-order valence-corrected chi connectivity index (χ1v) is 8.24. The van der Waals surface area contributed by atoms with Crippen molar-refractivity contribution < 1.29 is 4.79 Å². The molecule has 0 unspecified atom stereocenters. The van der Waals surface area contributed by atoms with Crippen LogP contribution in [0.5, 0.6) is 0 Å². The summed E-state index contributed by atoms with van der Waals surface area (Å²) in [6.07, 6.45) is 1.41. The van der Waals surface area contributed by atoms with E-state index in [9.17, 15) is 14.4 Å². The molecule has 0 aliphatic heterocycles. The summed E-state index contributed by atoms with van der Waals surface area (Å²) in [6, 6.07) is 0. The number of aryl methyl sites for hydroxylation is 1. The number of halogens is 1. The molecule has 0 spiro atoms. The lowest BCUT2D eigenvalue weighted by molar-refractivity contribution is -0.113. The molecular weight excluding hydrogens is 354 g/mol. The maximum Gasteiger partial charge on any atom is 0.332 e. The van der Waals surface area contributed by atoms with Crippen LogP contribution in [0.2, 0.25) is 0 Å². The minimum Gasteiger partial charge on any atom is -0.318 e. The monoisotopic (exact) mass is 371 g/mol. The Balaban J connectivity index is 2.69. The van der Waals surface area contributed by atoms with Gasteiger partial charge in [0.1, 0.15) is 0 Å². The standard InChI is InChI=1S/C13H18BrN5O3/c1-3-5-18-10-9(11(21)19(6-4-2)13(18)22)16-12(17-10)15-8(20)7-14/h3-7H2,1-2H3,(H2,15,16,17,20). The number of anilines is 1. The number of aromatic nitrogens is 4. The third kappa shape index (κ3) is 2.99. The topological polar surface area (TPSA) is 102 Å². The van der Waals surface area contributed by atoms with Crippen LogP contribution >= 0.6 is 15.9 Å². The molecule has 2 aromatic heterocycles. The summed E-state index contributed by atoms with van der Waals surface area (Å²) < 4.78 is 2.67. The molecular formula is C13H18BrN5O3. The largest absolute Gasteiger partial charge is 0.332 e. The van der Waals surface area contributed by atoms with Crippen molar-refractivity contribution in [3.8, 4) is 0 Å². The van der Waals surface area contributed by atoms with Crippen molar-refractivity contribution in [1.29, 1.82) is 0 Å². The molecule has 0 saturated heterocycles. The molecule has 22 heavy (non-hydrogen) atoms. The molecule has 0 aliphatic carbocycles. The first kappa shape index (κ1) is 16.5. The molecule has 120 valence electrons. The second kappa shape index (κ2) is 6.91. The van der Waals surface area contributed by atoms with Gasteiger partial charge in [-0.1, -0.05) is 29.8 Å². The van der Waals surface area contributed by atoms with Gasteiger partial charge in [-0.15, -0.1) is 0 Å². The van der Waals surface area contributed by atoms with Gasteiger partial charge < -0.3 is 4.98 Å². The molecule has 0 aliphatic rings. The van der Waals surface area contributed by atoms with Crippen molar-refractivity contribution in [1.82, 2.24) is 19.1 Å². The Morgan fingerprint density at radius 1 is 1.23 bits per heavy atom. The van der Waals surface area contributed by atoms with Crippen LogP contribution in [0.1, 0.15) is 26.7 Å². The van der Waals surface area contributed by atoms with Crippen LogP contribution in [0.25, 0.3) is 11.2 Å². The Hall–Kier alpha value is -1.90. The zero-order valence-corrected chi connectivity index (χ0v) is 14.1. The summed E-state index contributed by atoms with van der Waals surface area (Å²) in [5.41, 5.74) is -0.285. The van der Waals surface area contributed by atoms with Gasteiger partial charge in [-0.25, -0.2) is 4.79 Å². The molecule has 0 fully saturated rings. The van der Waals surface area contributed by atoms with E-state index >= 15 is 0 Å². The lowest BCUT2D eigenvalue weighted by Gasteiger charge is -2.09. The number of rotatable bonds is 6. The number of nitrogens with one attached hydrogen (secondary N) is 2. The van der Waals surface area contributed by atoms with Gasteiger partial charge in [-0.3, -0.25) is 24.0 Å². The number of nitrogens with zero attached hydrogens (tertiary/aromatic N) is 3. The Morgan fingerprint density at radius 3 is 2.45 bits per heavy atom. The molecule has 1 amide bonds. The molecule has 0 atom stereocenters. The third-order valence-corrected chi connectivity index (χ3v) is 3.64. The molecule has 2 aromatic rings. The number of imidazole rings is 1. The van der Waals surface area contributed by atoms with Gasteiger partial charge in [-0.2, -0.15) is 4.98 Å². The first-order chi connectivity index (χ1) is 10.5. The number of fused-ring (bicyclic) bond motifs is 1. The van der Waals surface area contributed by atoms with Gasteiger partial charge in [0.25, 0.3) is 5.56 Å². The van der Waals surface area contributed by atoms with Crippen LogP contribution in [-0.2, 0) is 17.9 Å². The third-order valence-electron chi connectivity index (χ3n) is 3.13. The number of hydrogen-bond donors (Lipinski definition) is 2. The SMILES string of the molecule is CCCn1c(=O)c2[nH]c(NC(=O)CBr)nc2n(CCC)c1=O. The van der Waals surface area contributed by atoms with Gasteiger partial charge in [0.2, 0.25) is 11.9 Å². The summed E-state index contributed by atoms with van der Waals surface area (Å²) in [6.45, 7) is 4.64. The summed E-state index contributed by atoms with van der Waals surface area (Å²) >= 11 is 3.04.